The second-order valence-corrected chi connectivity index (χ2v) is 5.40. The quantitative estimate of drug-likeness (QED) is 0.593. The average molecular weight is 415 g/mol. The van der Waals surface area contributed by atoms with Crippen LogP contribution >= 0.6 is 22.6 Å². The van der Waals surface area contributed by atoms with Gasteiger partial charge in [0.05, 0.1) is 11.3 Å². The minimum atomic E-state index is -0.993. The number of Topliss-reactive ketones (excluding diaryl/α,β-unsaturated/α-hetero) is 1. The van der Waals surface area contributed by atoms with Gasteiger partial charge < -0.3 is 10.4 Å². The van der Waals surface area contributed by atoms with Gasteiger partial charge in [0.1, 0.15) is 24.3 Å². The van der Waals surface area contributed by atoms with Gasteiger partial charge in [-0.15, -0.1) is 0 Å². The van der Waals surface area contributed by atoms with Crippen molar-refractivity contribution in [1.82, 2.24) is 4.98 Å². The van der Waals surface area contributed by atoms with Crippen molar-refractivity contribution in [2.45, 2.75) is 0 Å². The number of hydrogen-bond acceptors (Lipinski definition) is 5. The first-order valence-corrected chi connectivity index (χ1v) is 7.01. The molecule has 0 aliphatic heterocycles. The summed E-state index contributed by atoms with van der Waals surface area (Å²) < 4.78 is 28.1. The Hall–Kier alpha value is -2.12. The summed E-state index contributed by atoms with van der Waals surface area (Å²) in [6.07, 6.45) is 0. The normalized spacial score (nSPS) is 10.1. The maximum absolute atomic E-state index is 13.8. The van der Waals surface area contributed by atoms with Crippen molar-refractivity contribution < 1.29 is 18.7 Å². The fourth-order valence-corrected chi connectivity index (χ4v) is 2.13. The van der Waals surface area contributed by atoms with E-state index in [4.69, 9.17) is 10.4 Å². The molecule has 1 heterocycles. The minimum Gasteiger partial charge on any atom is -0.388 e. The number of aliphatic hydroxyl groups is 1. The third-order valence-corrected chi connectivity index (χ3v) is 3.38. The highest BCUT2D eigenvalue weighted by molar-refractivity contribution is 14.1. The van der Waals surface area contributed by atoms with Crippen molar-refractivity contribution in [3.63, 3.8) is 0 Å². The molecule has 0 spiro atoms. The van der Waals surface area contributed by atoms with E-state index in [0.29, 0.717) is 3.57 Å². The number of pyridine rings is 1. The van der Waals surface area contributed by atoms with Gasteiger partial charge in [0, 0.05) is 3.57 Å². The molecule has 2 N–H and O–H groups in total. The summed E-state index contributed by atoms with van der Waals surface area (Å²) in [5.41, 5.74) is -0.796. The molecule has 0 bridgehead atoms. The lowest BCUT2D eigenvalue weighted by atomic mass is 10.1. The van der Waals surface area contributed by atoms with Crippen LogP contribution in [0.1, 0.15) is 16.1 Å². The number of hydrogen-bond donors (Lipinski definition) is 2. The second-order valence-electron chi connectivity index (χ2n) is 4.16. The van der Waals surface area contributed by atoms with Gasteiger partial charge in [-0.3, -0.25) is 4.79 Å². The maximum Gasteiger partial charge on any atom is 0.191 e. The van der Waals surface area contributed by atoms with Crippen molar-refractivity contribution in [2.24, 2.45) is 0 Å². The van der Waals surface area contributed by atoms with E-state index in [9.17, 15) is 13.6 Å². The molecule has 8 heteroatoms. The Bertz CT molecular complexity index is 790. The number of benzene rings is 1. The zero-order chi connectivity index (χ0) is 16.3. The molecule has 0 saturated carbocycles. The van der Waals surface area contributed by atoms with Crippen molar-refractivity contribution in [2.75, 3.05) is 11.9 Å². The van der Waals surface area contributed by atoms with Crippen molar-refractivity contribution in [1.29, 1.82) is 5.26 Å². The lowest BCUT2D eigenvalue weighted by molar-refractivity contribution is 0.0904. The molecule has 0 fully saturated rings. The van der Waals surface area contributed by atoms with E-state index in [1.807, 2.05) is 22.6 Å². The predicted octanol–water partition coefficient (Wildman–Crippen LogP) is 2.75. The molecule has 0 aliphatic carbocycles. The number of ketones is 1. The van der Waals surface area contributed by atoms with Crippen molar-refractivity contribution in [3.8, 4) is 6.07 Å². The number of rotatable bonds is 4. The zero-order valence-corrected chi connectivity index (χ0v) is 13.1. The Morgan fingerprint density at radius 1 is 1.36 bits per heavy atom. The fourth-order valence-electron chi connectivity index (χ4n) is 1.68. The van der Waals surface area contributed by atoms with E-state index < -0.39 is 29.7 Å². The molecule has 0 aliphatic rings. The number of nitriles is 1. The largest absolute Gasteiger partial charge is 0.388 e. The molecular weight excluding hydrogens is 407 g/mol. The van der Waals surface area contributed by atoms with Gasteiger partial charge in [-0.1, -0.05) is 0 Å². The highest BCUT2D eigenvalue weighted by Gasteiger charge is 2.18. The highest BCUT2D eigenvalue weighted by Crippen LogP contribution is 2.24. The molecular formula is C14H8F2IN3O2. The molecule has 2 rings (SSSR count). The van der Waals surface area contributed by atoms with Crippen LogP contribution in [0.25, 0.3) is 0 Å². The van der Waals surface area contributed by atoms with E-state index in [1.165, 1.54) is 18.2 Å². The van der Waals surface area contributed by atoms with E-state index in [2.05, 4.69) is 10.3 Å². The van der Waals surface area contributed by atoms with Crippen LogP contribution in [0.5, 0.6) is 0 Å². The Morgan fingerprint density at radius 2 is 2.09 bits per heavy atom. The highest BCUT2D eigenvalue weighted by atomic mass is 127. The lowest BCUT2D eigenvalue weighted by Gasteiger charge is -2.11. The summed E-state index contributed by atoms with van der Waals surface area (Å²) in [4.78, 5) is 15.3. The predicted molar refractivity (Wildman–Crippen MR) is 82.7 cm³/mol. The summed E-state index contributed by atoms with van der Waals surface area (Å²) >= 11 is 1.93. The number of nitrogens with zero attached hydrogens (tertiary/aromatic N) is 2. The van der Waals surface area contributed by atoms with E-state index in [0.717, 1.165) is 6.07 Å². The third kappa shape index (κ3) is 3.37. The number of carbonyl (C=O) groups excluding carboxylic acids is 1. The zero-order valence-electron chi connectivity index (χ0n) is 10.9. The van der Waals surface area contributed by atoms with Gasteiger partial charge in [-0.05, 0) is 46.9 Å². The SMILES string of the molecule is N#Cc1nc(Nc2ccc(I)cc2F)c(C(=O)CO)cc1F. The molecule has 22 heavy (non-hydrogen) atoms. The number of aliphatic hydroxyl groups excluding tert-OH is 1. The van der Waals surface area contributed by atoms with Crippen LogP contribution in [-0.2, 0) is 0 Å². The maximum atomic E-state index is 13.8. The van der Waals surface area contributed by atoms with Crippen LogP contribution in [0.3, 0.4) is 0 Å². The van der Waals surface area contributed by atoms with Gasteiger partial charge in [0.2, 0.25) is 0 Å². The summed E-state index contributed by atoms with van der Waals surface area (Å²) in [5, 5.41) is 20.3. The van der Waals surface area contributed by atoms with Crippen molar-refractivity contribution in [3.05, 3.63) is 50.7 Å². The van der Waals surface area contributed by atoms with Gasteiger partial charge >= 0.3 is 0 Å². The van der Waals surface area contributed by atoms with Crippen LogP contribution in [0.15, 0.2) is 24.3 Å². The third-order valence-electron chi connectivity index (χ3n) is 2.71. The molecule has 2 aromatic rings. The number of carbonyl (C=O) groups is 1. The van der Waals surface area contributed by atoms with E-state index in [1.54, 1.807) is 6.07 Å². The summed E-state index contributed by atoms with van der Waals surface area (Å²) in [6, 6.07) is 6.62. The fraction of sp³-hybridized carbons (Fsp3) is 0.0714. The molecule has 0 saturated heterocycles. The van der Waals surface area contributed by atoms with Crippen LogP contribution in [-0.4, -0.2) is 22.5 Å². The topological polar surface area (TPSA) is 86.0 Å². The summed E-state index contributed by atoms with van der Waals surface area (Å²) in [5.74, 6) is -2.59. The van der Waals surface area contributed by atoms with Gasteiger partial charge in [-0.2, -0.15) is 5.26 Å². The van der Waals surface area contributed by atoms with Gasteiger partial charge in [0.15, 0.2) is 17.3 Å². The Kier molecular flexibility index (Phi) is 4.99. The average Bonchev–Trinajstić information content (AvgIpc) is 2.50. The lowest BCUT2D eigenvalue weighted by Crippen LogP contribution is -2.12. The molecule has 112 valence electrons. The van der Waals surface area contributed by atoms with Crippen molar-refractivity contribution >= 4 is 39.9 Å². The molecule has 0 unspecified atom stereocenters. The van der Waals surface area contributed by atoms with Gasteiger partial charge in [0.25, 0.3) is 0 Å². The standard InChI is InChI=1S/C14H8F2IN3O2/c15-9-3-7(17)1-2-11(9)19-14-8(13(22)6-21)4-10(16)12(5-18)20-14/h1-4,21H,6H2,(H,19,20). The Labute approximate surface area is 137 Å². The molecule has 0 radical (unpaired) electrons. The van der Waals surface area contributed by atoms with E-state index >= 15 is 0 Å². The number of anilines is 2. The van der Waals surface area contributed by atoms with Gasteiger partial charge in [-0.25, -0.2) is 13.8 Å². The Morgan fingerprint density at radius 3 is 2.68 bits per heavy atom. The number of aromatic nitrogens is 1. The summed E-state index contributed by atoms with van der Waals surface area (Å²) in [6.45, 7) is -0.864. The number of halogens is 3. The van der Waals surface area contributed by atoms with Crippen LogP contribution < -0.4 is 5.32 Å². The number of nitrogens with one attached hydrogen (secondary N) is 1. The Balaban J connectivity index is 2.53. The summed E-state index contributed by atoms with van der Waals surface area (Å²) in [7, 11) is 0. The molecule has 1 aromatic heterocycles. The van der Waals surface area contributed by atoms with Crippen LogP contribution in [0.4, 0.5) is 20.3 Å². The first kappa shape index (κ1) is 16.3. The first-order chi connectivity index (χ1) is 10.5. The van der Waals surface area contributed by atoms with Crippen LogP contribution in [0, 0.1) is 26.5 Å². The molecule has 0 amide bonds. The van der Waals surface area contributed by atoms with E-state index in [-0.39, 0.29) is 17.1 Å². The monoisotopic (exact) mass is 415 g/mol. The first-order valence-electron chi connectivity index (χ1n) is 5.93. The van der Waals surface area contributed by atoms with Crippen LogP contribution in [0.2, 0.25) is 0 Å². The second kappa shape index (κ2) is 6.76. The minimum absolute atomic E-state index is 0.00963. The molecule has 0 atom stereocenters. The molecule has 5 nitrogen and oxygen atoms in total. The molecule has 1 aromatic carbocycles. The smallest absolute Gasteiger partial charge is 0.191 e.